The number of hydrogen-bond donors (Lipinski definition) is 2. The highest BCUT2D eigenvalue weighted by molar-refractivity contribution is 7.95. The van der Waals surface area contributed by atoms with Crippen LogP contribution >= 0.6 is 12.2 Å². The van der Waals surface area contributed by atoms with Crippen molar-refractivity contribution in [2.24, 2.45) is 5.73 Å². The van der Waals surface area contributed by atoms with Crippen LogP contribution in [0, 0.1) is 0 Å². The summed E-state index contributed by atoms with van der Waals surface area (Å²) < 4.78 is 32.2. The van der Waals surface area contributed by atoms with E-state index in [1.807, 2.05) is 13.8 Å². The molecular weight excluding hydrogens is 296 g/mol. The summed E-state index contributed by atoms with van der Waals surface area (Å²) in [5.74, 6) is 0.685. The Morgan fingerprint density at radius 2 is 1.90 bits per heavy atom. The Kier molecular flexibility index (Phi) is 5.76. The van der Waals surface area contributed by atoms with E-state index >= 15 is 0 Å². The normalized spacial score (nSPS) is 13.0. The molecule has 1 unspecified atom stereocenters. The maximum Gasteiger partial charge on any atom is 0.242 e. The topological polar surface area (TPSA) is 81.4 Å². The third-order valence-electron chi connectivity index (χ3n) is 2.55. The SMILES string of the molecule is CCC(C(N)=S)S(=O)(=O)Nc1ccc(OC(C)C)cc1. The van der Waals surface area contributed by atoms with Crippen LogP contribution in [0.1, 0.15) is 27.2 Å². The van der Waals surface area contributed by atoms with E-state index in [-0.39, 0.29) is 11.1 Å². The summed E-state index contributed by atoms with van der Waals surface area (Å²) in [5.41, 5.74) is 5.91. The summed E-state index contributed by atoms with van der Waals surface area (Å²) >= 11 is 4.79. The molecule has 1 atom stereocenters. The molecule has 0 amide bonds. The summed E-state index contributed by atoms with van der Waals surface area (Å²) in [6.45, 7) is 5.57. The Bertz CT molecular complexity index is 553. The van der Waals surface area contributed by atoms with Gasteiger partial charge < -0.3 is 10.5 Å². The molecule has 0 saturated heterocycles. The molecule has 20 heavy (non-hydrogen) atoms. The van der Waals surface area contributed by atoms with Gasteiger partial charge in [0.1, 0.15) is 11.0 Å². The summed E-state index contributed by atoms with van der Waals surface area (Å²) in [6.07, 6.45) is 0.399. The third kappa shape index (κ3) is 4.64. The van der Waals surface area contributed by atoms with Crippen LogP contribution in [0.3, 0.4) is 0 Å². The van der Waals surface area contributed by atoms with Gasteiger partial charge in [0.15, 0.2) is 0 Å². The predicted molar refractivity (Wildman–Crippen MR) is 85.6 cm³/mol. The molecule has 0 spiro atoms. The summed E-state index contributed by atoms with van der Waals surface area (Å²) in [5, 5.41) is -0.871. The molecule has 5 nitrogen and oxygen atoms in total. The van der Waals surface area contributed by atoms with Gasteiger partial charge in [0, 0.05) is 5.69 Å². The minimum absolute atomic E-state index is 0.0280. The van der Waals surface area contributed by atoms with Gasteiger partial charge in [-0.05, 0) is 44.5 Å². The van der Waals surface area contributed by atoms with Crippen LogP contribution in [0.25, 0.3) is 0 Å². The van der Waals surface area contributed by atoms with E-state index in [1.165, 1.54) is 0 Å². The number of nitrogens with one attached hydrogen (secondary N) is 1. The average Bonchev–Trinajstić information content (AvgIpc) is 2.30. The van der Waals surface area contributed by atoms with Crippen LogP contribution < -0.4 is 15.2 Å². The molecule has 1 aromatic carbocycles. The molecule has 112 valence electrons. The van der Waals surface area contributed by atoms with Crippen LogP contribution in [0.4, 0.5) is 5.69 Å². The smallest absolute Gasteiger partial charge is 0.242 e. The fourth-order valence-corrected chi connectivity index (χ4v) is 3.58. The number of sulfonamides is 1. The molecular formula is C13H20N2O3S2. The first-order valence-corrected chi connectivity index (χ1v) is 8.29. The highest BCUT2D eigenvalue weighted by atomic mass is 32.2. The molecule has 0 saturated carbocycles. The Morgan fingerprint density at radius 1 is 1.35 bits per heavy atom. The first-order chi connectivity index (χ1) is 9.26. The van der Waals surface area contributed by atoms with Gasteiger partial charge in [0.05, 0.1) is 11.1 Å². The molecule has 0 aliphatic heterocycles. The van der Waals surface area contributed by atoms with Crippen molar-refractivity contribution in [3.63, 3.8) is 0 Å². The molecule has 0 radical (unpaired) electrons. The van der Waals surface area contributed by atoms with Gasteiger partial charge in [0.2, 0.25) is 10.0 Å². The Labute approximate surface area is 125 Å². The van der Waals surface area contributed by atoms with Crippen LogP contribution in [0.2, 0.25) is 0 Å². The van der Waals surface area contributed by atoms with Crippen molar-refractivity contribution in [3.05, 3.63) is 24.3 Å². The van der Waals surface area contributed by atoms with Crippen molar-refractivity contribution in [3.8, 4) is 5.75 Å². The lowest BCUT2D eigenvalue weighted by Crippen LogP contribution is -2.37. The maximum atomic E-state index is 12.1. The van der Waals surface area contributed by atoms with E-state index in [2.05, 4.69) is 4.72 Å². The van der Waals surface area contributed by atoms with E-state index in [0.717, 1.165) is 0 Å². The van der Waals surface area contributed by atoms with Crippen molar-refractivity contribution in [2.45, 2.75) is 38.5 Å². The average molecular weight is 316 g/mol. The number of benzene rings is 1. The lowest BCUT2D eigenvalue weighted by atomic mass is 10.3. The largest absolute Gasteiger partial charge is 0.491 e. The van der Waals surface area contributed by atoms with Gasteiger partial charge >= 0.3 is 0 Å². The van der Waals surface area contributed by atoms with Gasteiger partial charge in [-0.1, -0.05) is 19.1 Å². The summed E-state index contributed by atoms with van der Waals surface area (Å²) in [6, 6.07) is 6.70. The number of thiocarbonyl (C=S) groups is 1. The first-order valence-electron chi connectivity index (χ1n) is 6.34. The van der Waals surface area contributed by atoms with Crippen LogP contribution in [0.5, 0.6) is 5.75 Å². The zero-order valence-corrected chi connectivity index (χ0v) is 13.4. The number of hydrogen-bond acceptors (Lipinski definition) is 4. The maximum absolute atomic E-state index is 12.1. The summed E-state index contributed by atoms with van der Waals surface area (Å²) in [7, 11) is -3.62. The third-order valence-corrected chi connectivity index (χ3v) is 4.84. The van der Waals surface area contributed by atoms with Gasteiger partial charge in [-0.3, -0.25) is 4.72 Å². The number of rotatable bonds is 7. The molecule has 0 heterocycles. The molecule has 3 N–H and O–H groups in total. The number of anilines is 1. The van der Waals surface area contributed by atoms with E-state index in [1.54, 1.807) is 31.2 Å². The highest BCUT2D eigenvalue weighted by Gasteiger charge is 2.26. The number of ether oxygens (including phenoxy) is 1. The van der Waals surface area contributed by atoms with Gasteiger partial charge in [-0.25, -0.2) is 8.42 Å². The highest BCUT2D eigenvalue weighted by Crippen LogP contribution is 2.19. The van der Waals surface area contributed by atoms with Crippen LogP contribution in [-0.4, -0.2) is 24.8 Å². The Morgan fingerprint density at radius 3 is 2.30 bits per heavy atom. The lowest BCUT2D eigenvalue weighted by Gasteiger charge is -2.16. The molecule has 7 heteroatoms. The van der Waals surface area contributed by atoms with Crippen molar-refractivity contribution in [1.29, 1.82) is 0 Å². The summed E-state index contributed by atoms with van der Waals surface area (Å²) in [4.78, 5) is -0.0280. The van der Waals surface area contributed by atoms with Crippen LogP contribution in [-0.2, 0) is 10.0 Å². The van der Waals surface area contributed by atoms with E-state index in [4.69, 9.17) is 22.7 Å². The van der Waals surface area contributed by atoms with E-state index in [0.29, 0.717) is 17.9 Å². The van der Waals surface area contributed by atoms with E-state index < -0.39 is 15.3 Å². The fraction of sp³-hybridized carbons (Fsp3) is 0.462. The molecule has 1 rings (SSSR count). The van der Waals surface area contributed by atoms with Gasteiger partial charge in [-0.2, -0.15) is 0 Å². The fourth-order valence-electron chi connectivity index (χ4n) is 1.68. The minimum atomic E-state index is -3.62. The van der Waals surface area contributed by atoms with Crippen LogP contribution in [0.15, 0.2) is 24.3 Å². The standard InChI is InChI=1S/C13H20N2O3S2/c1-4-12(13(14)19)20(16,17)15-10-5-7-11(8-6-10)18-9(2)3/h5-9,12,15H,4H2,1-3H3,(H2,14,19). The van der Waals surface area contributed by atoms with Gasteiger partial charge in [0.25, 0.3) is 0 Å². The monoisotopic (exact) mass is 316 g/mol. The molecule has 0 fully saturated rings. The molecule has 0 aromatic heterocycles. The van der Waals surface area contributed by atoms with E-state index in [9.17, 15) is 8.42 Å². The molecule has 0 aliphatic rings. The molecule has 0 bridgehead atoms. The van der Waals surface area contributed by atoms with Crippen molar-refractivity contribution in [1.82, 2.24) is 0 Å². The predicted octanol–water partition coefficient (Wildman–Crippen LogP) is 2.28. The second-order valence-electron chi connectivity index (χ2n) is 4.64. The van der Waals surface area contributed by atoms with Crippen molar-refractivity contribution >= 4 is 32.9 Å². The Hall–Kier alpha value is -1.34. The van der Waals surface area contributed by atoms with Crippen molar-refractivity contribution in [2.75, 3.05) is 4.72 Å². The minimum Gasteiger partial charge on any atom is -0.491 e. The number of nitrogens with two attached hydrogens (primary N) is 1. The second kappa shape index (κ2) is 6.90. The molecule has 1 aromatic rings. The van der Waals surface area contributed by atoms with Gasteiger partial charge in [-0.15, -0.1) is 0 Å². The zero-order chi connectivity index (χ0) is 15.3. The quantitative estimate of drug-likeness (QED) is 0.754. The van der Waals surface area contributed by atoms with Crippen molar-refractivity contribution < 1.29 is 13.2 Å². The first kappa shape index (κ1) is 16.7. The Balaban J connectivity index is 2.85. The molecule has 0 aliphatic carbocycles. The lowest BCUT2D eigenvalue weighted by molar-refractivity contribution is 0.242. The zero-order valence-electron chi connectivity index (χ0n) is 11.8. The second-order valence-corrected chi connectivity index (χ2v) is 6.97.